The third-order valence-electron chi connectivity index (χ3n) is 6.69. The van der Waals surface area contributed by atoms with E-state index in [0.29, 0.717) is 6.42 Å². The van der Waals surface area contributed by atoms with Crippen LogP contribution in [0.3, 0.4) is 0 Å². The highest BCUT2D eigenvalue weighted by Crippen LogP contribution is 2.15. The standard InChI is InChI=1S/C28H57NO2/c1-2-3-4-5-6-7-8-9-10-11-12-13-14-15-16-17-18-19-20-21-22-23-24-25-26-27(29)28(30)31/h27H,2-26,29H2,1H3,(H,30,31). The van der Waals surface area contributed by atoms with Crippen molar-refractivity contribution in [2.24, 2.45) is 5.73 Å². The summed E-state index contributed by atoms with van der Waals surface area (Å²) in [6, 6.07) is -0.667. The largest absolute Gasteiger partial charge is 0.480 e. The lowest BCUT2D eigenvalue weighted by Crippen LogP contribution is -2.29. The van der Waals surface area contributed by atoms with Gasteiger partial charge in [-0.1, -0.05) is 161 Å². The zero-order valence-electron chi connectivity index (χ0n) is 21.2. The van der Waals surface area contributed by atoms with Crippen LogP contribution in [-0.2, 0) is 4.79 Å². The molecule has 0 spiro atoms. The van der Waals surface area contributed by atoms with Crippen molar-refractivity contribution >= 4 is 5.97 Å². The maximum absolute atomic E-state index is 10.6. The molecule has 31 heavy (non-hydrogen) atoms. The summed E-state index contributed by atoms with van der Waals surface area (Å²) in [5, 5.41) is 8.74. The van der Waals surface area contributed by atoms with Gasteiger partial charge in [0.1, 0.15) is 6.04 Å². The van der Waals surface area contributed by atoms with E-state index >= 15 is 0 Å². The number of nitrogens with two attached hydrogens (primary N) is 1. The molecule has 0 aromatic carbocycles. The Morgan fingerprint density at radius 3 is 0.968 bits per heavy atom. The minimum Gasteiger partial charge on any atom is -0.480 e. The van der Waals surface area contributed by atoms with Gasteiger partial charge in [-0.2, -0.15) is 0 Å². The Bertz CT molecular complexity index is 359. The van der Waals surface area contributed by atoms with Crippen molar-refractivity contribution in [1.29, 1.82) is 0 Å². The first-order valence-electron chi connectivity index (χ1n) is 14.2. The van der Waals surface area contributed by atoms with E-state index in [4.69, 9.17) is 10.8 Å². The SMILES string of the molecule is CCCCCCCCCCCCCCCCCCCCCCCCCCC(N)C(=O)O. The summed E-state index contributed by atoms with van der Waals surface area (Å²) in [4.78, 5) is 10.6. The molecule has 0 aromatic rings. The van der Waals surface area contributed by atoms with Gasteiger partial charge in [0, 0.05) is 0 Å². The number of hydrogen-bond donors (Lipinski definition) is 2. The fourth-order valence-electron chi connectivity index (χ4n) is 4.45. The van der Waals surface area contributed by atoms with Crippen LogP contribution in [0, 0.1) is 0 Å². The fraction of sp³-hybridized carbons (Fsp3) is 0.964. The molecular formula is C28H57NO2. The van der Waals surface area contributed by atoms with Gasteiger partial charge < -0.3 is 10.8 Å². The van der Waals surface area contributed by atoms with Gasteiger partial charge in [0.2, 0.25) is 0 Å². The van der Waals surface area contributed by atoms with Crippen molar-refractivity contribution in [3.8, 4) is 0 Å². The van der Waals surface area contributed by atoms with Gasteiger partial charge in [0.15, 0.2) is 0 Å². The van der Waals surface area contributed by atoms with E-state index in [2.05, 4.69) is 6.92 Å². The molecule has 0 radical (unpaired) electrons. The number of hydrogen-bond acceptors (Lipinski definition) is 2. The lowest BCUT2D eigenvalue weighted by atomic mass is 10.0. The van der Waals surface area contributed by atoms with Crippen LogP contribution in [0.2, 0.25) is 0 Å². The molecule has 0 aliphatic heterocycles. The van der Waals surface area contributed by atoms with Crippen molar-refractivity contribution in [3.05, 3.63) is 0 Å². The molecule has 0 amide bonds. The van der Waals surface area contributed by atoms with Gasteiger partial charge in [-0.3, -0.25) is 4.79 Å². The van der Waals surface area contributed by atoms with Crippen LogP contribution < -0.4 is 5.73 Å². The van der Waals surface area contributed by atoms with Gasteiger partial charge in [0.05, 0.1) is 0 Å². The predicted octanol–water partition coefficient (Wildman–Crippen LogP) is 9.17. The molecule has 1 atom stereocenters. The normalized spacial score (nSPS) is 12.3. The highest BCUT2D eigenvalue weighted by Gasteiger charge is 2.09. The van der Waals surface area contributed by atoms with Gasteiger partial charge in [-0.25, -0.2) is 0 Å². The highest BCUT2D eigenvalue weighted by molar-refractivity contribution is 5.72. The van der Waals surface area contributed by atoms with Crippen LogP contribution in [0.1, 0.15) is 167 Å². The number of carboxylic acids is 1. The highest BCUT2D eigenvalue weighted by atomic mass is 16.4. The second-order valence-electron chi connectivity index (χ2n) is 9.87. The molecule has 0 saturated heterocycles. The second-order valence-corrected chi connectivity index (χ2v) is 9.87. The van der Waals surface area contributed by atoms with Crippen molar-refractivity contribution in [3.63, 3.8) is 0 Å². The van der Waals surface area contributed by atoms with Crippen LogP contribution in [0.5, 0.6) is 0 Å². The monoisotopic (exact) mass is 439 g/mol. The van der Waals surface area contributed by atoms with Crippen LogP contribution >= 0.6 is 0 Å². The number of unbranched alkanes of at least 4 members (excludes halogenated alkanes) is 23. The van der Waals surface area contributed by atoms with E-state index in [0.717, 1.165) is 12.8 Å². The Kier molecular flexibility index (Phi) is 25.2. The Morgan fingerprint density at radius 2 is 0.742 bits per heavy atom. The van der Waals surface area contributed by atoms with E-state index in [-0.39, 0.29) is 0 Å². The van der Waals surface area contributed by atoms with Crippen LogP contribution in [0.25, 0.3) is 0 Å². The van der Waals surface area contributed by atoms with Crippen LogP contribution in [-0.4, -0.2) is 17.1 Å². The molecule has 0 saturated carbocycles. The molecular weight excluding hydrogens is 382 g/mol. The molecule has 0 rings (SSSR count). The molecule has 0 aliphatic carbocycles. The summed E-state index contributed by atoms with van der Waals surface area (Å²) in [6.07, 6.45) is 33.9. The molecule has 0 aliphatic rings. The summed E-state index contributed by atoms with van der Waals surface area (Å²) in [5.74, 6) is -0.867. The second kappa shape index (κ2) is 25.7. The molecule has 0 fully saturated rings. The Balaban J connectivity index is 3.04. The van der Waals surface area contributed by atoms with E-state index < -0.39 is 12.0 Å². The van der Waals surface area contributed by atoms with Crippen LogP contribution in [0.15, 0.2) is 0 Å². The Hall–Kier alpha value is -0.570. The minimum atomic E-state index is -0.867. The number of aliphatic carboxylic acids is 1. The third-order valence-corrected chi connectivity index (χ3v) is 6.69. The summed E-state index contributed by atoms with van der Waals surface area (Å²) in [6.45, 7) is 2.29. The molecule has 3 nitrogen and oxygen atoms in total. The maximum atomic E-state index is 10.6. The van der Waals surface area contributed by atoms with Crippen LogP contribution in [0.4, 0.5) is 0 Å². The molecule has 0 heterocycles. The predicted molar refractivity (Wildman–Crippen MR) is 137 cm³/mol. The van der Waals surface area contributed by atoms with Gasteiger partial charge in [-0.15, -0.1) is 0 Å². The molecule has 186 valence electrons. The first-order valence-corrected chi connectivity index (χ1v) is 14.2. The first kappa shape index (κ1) is 30.4. The summed E-state index contributed by atoms with van der Waals surface area (Å²) >= 11 is 0. The van der Waals surface area contributed by atoms with Crippen molar-refractivity contribution in [2.45, 2.75) is 173 Å². The quantitative estimate of drug-likeness (QED) is 0.132. The first-order chi connectivity index (χ1) is 15.2. The zero-order valence-corrected chi connectivity index (χ0v) is 21.2. The molecule has 0 aromatic heterocycles. The fourth-order valence-corrected chi connectivity index (χ4v) is 4.45. The third kappa shape index (κ3) is 25.6. The number of carbonyl (C=O) groups is 1. The molecule has 3 N–H and O–H groups in total. The Labute approximate surface area is 195 Å². The number of rotatable bonds is 26. The summed E-state index contributed by atoms with van der Waals surface area (Å²) in [7, 11) is 0. The van der Waals surface area contributed by atoms with Gasteiger partial charge >= 0.3 is 5.97 Å². The van der Waals surface area contributed by atoms with Crippen molar-refractivity contribution in [1.82, 2.24) is 0 Å². The van der Waals surface area contributed by atoms with Gasteiger partial charge in [0.25, 0.3) is 0 Å². The average Bonchev–Trinajstić information content (AvgIpc) is 2.76. The van der Waals surface area contributed by atoms with Gasteiger partial charge in [-0.05, 0) is 6.42 Å². The Morgan fingerprint density at radius 1 is 0.516 bits per heavy atom. The summed E-state index contributed by atoms with van der Waals surface area (Å²) in [5.41, 5.74) is 5.51. The zero-order chi connectivity index (χ0) is 22.8. The molecule has 0 bridgehead atoms. The lowest BCUT2D eigenvalue weighted by molar-refractivity contribution is -0.138. The van der Waals surface area contributed by atoms with E-state index in [1.165, 1.54) is 141 Å². The van der Waals surface area contributed by atoms with E-state index in [9.17, 15) is 4.79 Å². The summed E-state index contributed by atoms with van der Waals surface area (Å²) < 4.78 is 0. The topological polar surface area (TPSA) is 63.3 Å². The molecule has 3 heteroatoms. The number of carboxylic acid groups (broad SMARTS) is 1. The van der Waals surface area contributed by atoms with Crippen molar-refractivity contribution < 1.29 is 9.90 Å². The van der Waals surface area contributed by atoms with Crippen molar-refractivity contribution in [2.75, 3.05) is 0 Å². The molecule has 1 unspecified atom stereocenters. The average molecular weight is 440 g/mol. The lowest BCUT2D eigenvalue weighted by Gasteiger charge is -2.06. The minimum absolute atomic E-state index is 0.620. The van der Waals surface area contributed by atoms with E-state index in [1.54, 1.807) is 0 Å². The van der Waals surface area contributed by atoms with E-state index in [1.807, 2.05) is 0 Å². The smallest absolute Gasteiger partial charge is 0.320 e. The maximum Gasteiger partial charge on any atom is 0.320 e.